The van der Waals surface area contributed by atoms with Gasteiger partial charge in [0.2, 0.25) is 5.13 Å². The van der Waals surface area contributed by atoms with Crippen molar-refractivity contribution in [3.63, 3.8) is 0 Å². The minimum Gasteiger partial charge on any atom is -0.493 e. The molecule has 2 heterocycles. The number of aromatic nitrogens is 3. The lowest BCUT2D eigenvalue weighted by atomic mass is 10.1. The largest absolute Gasteiger partial charge is 0.493 e. The summed E-state index contributed by atoms with van der Waals surface area (Å²) in [7, 11) is 1.38. The Morgan fingerprint density at radius 1 is 1.22 bits per heavy atom. The number of nitrogens with one attached hydrogen (secondary N) is 1. The van der Waals surface area contributed by atoms with Crippen molar-refractivity contribution in [3.05, 3.63) is 74.7 Å². The summed E-state index contributed by atoms with van der Waals surface area (Å²) in [4.78, 5) is 32.2. The number of methoxy groups -OCH3 is 1. The predicted octanol–water partition coefficient (Wildman–Crippen LogP) is 4.41. The summed E-state index contributed by atoms with van der Waals surface area (Å²) >= 11 is 2.38. The number of anilines is 1. The third-order valence-corrected chi connectivity index (χ3v) is 5.53. The average Bonchev–Trinajstić information content (AvgIpc) is 3.50. The molecule has 2 aromatic carbocycles. The summed E-state index contributed by atoms with van der Waals surface area (Å²) in [6, 6.07) is 11.7. The molecule has 32 heavy (non-hydrogen) atoms. The number of benzene rings is 2. The van der Waals surface area contributed by atoms with Crippen LogP contribution in [0.25, 0.3) is 11.4 Å². The van der Waals surface area contributed by atoms with Crippen LogP contribution in [0.5, 0.6) is 11.5 Å². The Hall–Kier alpha value is -3.90. The number of nitrogens with zero attached hydrogens (tertiary/aromatic N) is 4. The SMILES string of the molecule is COc1cc(C(=O)Nc2nc(-c3ccccc3)ns2)c([N+](=O)[O-])cc1OCc1cscn1. The first kappa shape index (κ1) is 21.3. The summed E-state index contributed by atoms with van der Waals surface area (Å²) in [6.45, 7) is 0.107. The number of thiazole rings is 1. The van der Waals surface area contributed by atoms with Gasteiger partial charge >= 0.3 is 0 Å². The zero-order valence-electron chi connectivity index (χ0n) is 16.5. The zero-order chi connectivity index (χ0) is 22.5. The Bertz CT molecular complexity index is 1240. The summed E-state index contributed by atoms with van der Waals surface area (Å²) in [5.74, 6) is 0.0461. The quantitative estimate of drug-likeness (QED) is 0.297. The Morgan fingerprint density at radius 2 is 2.03 bits per heavy atom. The van der Waals surface area contributed by atoms with Crippen molar-refractivity contribution in [1.82, 2.24) is 14.3 Å². The van der Waals surface area contributed by atoms with Crippen LogP contribution in [0.2, 0.25) is 0 Å². The van der Waals surface area contributed by atoms with Crippen molar-refractivity contribution in [1.29, 1.82) is 0 Å². The molecule has 0 spiro atoms. The van der Waals surface area contributed by atoms with E-state index in [0.29, 0.717) is 11.5 Å². The number of ether oxygens (including phenoxy) is 2. The van der Waals surface area contributed by atoms with Crippen LogP contribution in [-0.2, 0) is 6.61 Å². The molecule has 0 aliphatic heterocycles. The molecule has 12 heteroatoms. The molecule has 0 bridgehead atoms. The minimum atomic E-state index is -0.711. The van der Waals surface area contributed by atoms with Gasteiger partial charge in [-0.2, -0.15) is 9.36 Å². The van der Waals surface area contributed by atoms with Gasteiger partial charge in [0, 0.05) is 28.5 Å². The van der Waals surface area contributed by atoms with Crippen molar-refractivity contribution in [3.8, 4) is 22.9 Å². The van der Waals surface area contributed by atoms with E-state index in [-0.39, 0.29) is 28.8 Å². The van der Waals surface area contributed by atoms with Crippen molar-refractivity contribution in [2.75, 3.05) is 12.4 Å². The molecule has 2 aromatic heterocycles. The highest BCUT2D eigenvalue weighted by molar-refractivity contribution is 7.10. The molecule has 10 nitrogen and oxygen atoms in total. The molecule has 1 amide bonds. The number of hydrogen-bond donors (Lipinski definition) is 1. The fraction of sp³-hybridized carbons (Fsp3) is 0.100. The van der Waals surface area contributed by atoms with Gasteiger partial charge in [-0.15, -0.1) is 11.3 Å². The van der Waals surface area contributed by atoms with E-state index in [1.165, 1.54) is 24.5 Å². The normalized spacial score (nSPS) is 10.5. The van der Waals surface area contributed by atoms with E-state index in [2.05, 4.69) is 19.7 Å². The van der Waals surface area contributed by atoms with Crippen LogP contribution in [-0.4, -0.2) is 32.3 Å². The van der Waals surface area contributed by atoms with Crippen LogP contribution >= 0.6 is 22.9 Å². The van der Waals surface area contributed by atoms with Crippen LogP contribution in [0, 0.1) is 10.1 Å². The van der Waals surface area contributed by atoms with Crippen LogP contribution < -0.4 is 14.8 Å². The zero-order valence-corrected chi connectivity index (χ0v) is 18.2. The second kappa shape index (κ2) is 9.49. The van der Waals surface area contributed by atoms with Crippen molar-refractivity contribution in [2.24, 2.45) is 0 Å². The Labute approximate surface area is 189 Å². The molecule has 0 saturated heterocycles. The standard InChI is InChI=1S/C20H15N5O5S2/c1-29-16-7-14(15(25(27)28)8-17(16)30-9-13-10-31-11-21-13)19(26)23-20-22-18(24-32-20)12-5-3-2-4-6-12/h2-8,10-11H,9H2,1H3,(H,22,23,24,26). The molecule has 162 valence electrons. The van der Waals surface area contributed by atoms with Gasteiger partial charge in [-0.3, -0.25) is 20.2 Å². The first-order valence-corrected chi connectivity index (χ1v) is 10.8. The van der Waals surface area contributed by atoms with E-state index in [9.17, 15) is 14.9 Å². The highest BCUT2D eigenvalue weighted by Gasteiger charge is 2.26. The van der Waals surface area contributed by atoms with E-state index >= 15 is 0 Å². The topological polar surface area (TPSA) is 129 Å². The number of amides is 1. The molecule has 4 rings (SSSR count). The van der Waals surface area contributed by atoms with E-state index < -0.39 is 16.5 Å². The number of carbonyl (C=O) groups is 1. The lowest BCUT2D eigenvalue weighted by Gasteiger charge is -2.12. The van der Waals surface area contributed by atoms with Crippen molar-refractivity contribution in [2.45, 2.75) is 6.61 Å². The summed E-state index contributed by atoms with van der Waals surface area (Å²) in [5, 5.41) is 16.2. The molecule has 0 unspecified atom stereocenters. The number of nitro groups is 1. The molecule has 1 N–H and O–H groups in total. The fourth-order valence-corrected chi connectivity index (χ4v) is 3.89. The molecule has 0 fully saturated rings. The van der Waals surface area contributed by atoms with E-state index in [1.807, 2.05) is 30.3 Å². The third-order valence-electron chi connectivity index (χ3n) is 4.26. The van der Waals surface area contributed by atoms with Gasteiger partial charge in [-0.1, -0.05) is 30.3 Å². The minimum absolute atomic E-state index is 0.107. The summed E-state index contributed by atoms with van der Waals surface area (Å²) in [5.41, 5.74) is 2.50. The van der Waals surface area contributed by atoms with Gasteiger partial charge in [-0.05, 0) is 0 Å². The van der Waals surface area contributed by atoms with E-state index in [4.69, 9.17) is 9.47 Å². The van der Waals surface area contributed by atoms with Crippen LogP contribution in [0.4, 0.5) is 10.8 Å². The van der Waals surface area contributed by atoms with Crippen LogP contribution in [0.1, 0.15) is 16.1 Å². The van der Waals surface area contributed by atoms with Crippen LogP contribution in [0.15, 0.2) is 53.4 Å². The number of nitro benzene ring substituents is 1. The number of carbonyl (C=O) groups excluding carboxylic acids is 1. The van der Waals surface area contributed by atoms with Crippen molar-refractivity contribution < 1.29 is 19.2 Å². The first-order valence-electron chi connectivity index (χ1n) is 9.12. The number of hydrogen-bond acceptors (Lipinski definition) is 10. The molecular formula is C20H15N5O5S2. The molecule has 4 aromatic rings. The third kappa shape index (κ3) is 4.71. The summed E-state index contributed by atoms with van der Waals surface area (Å²) in [6.07, 6.45) is 0. The van der Waals surface area contributed by atoms with Crippen molar-refractivity contribution >= 4 is 39.6 Å². The Balaban J connectivity index is 1.58. The van der Waals surface area contributed by atoms with E-state index in [1.54, 1.807) is 10.9 Å². The van der Waals surface area contributed by atoms with Gasteiger partial charge in [0.05, 0.1) is 29.3 Å². The molecule has 0 aliphatic rings. The van der Waals surface area contributed by atoms with E-state index in [0.717, 1.165) is 23.2 Å². The van der Waals surface area contributed by atoms with Gasteiger partial charge in [0.1, 0.15) is 12.2 Å². The maximum atomic E-state index is 12.8. The monoisotopic (exact) mass is 469 g/mol. The molecular weight excluding hydrogens is 454 g/mol. The van der Waals surface area contributed by atoms with Crippen LogP contribution in [0.3, 0.4) is 0 Å². The lowest BCUT2D eigenvalue weighted by Crippen LogP contribution is -2.14. The molecule has 0 atom stereocenters. The second-order valence-electron chi connectivity index (χ2n) is 6.29. The lowest BCUT2D eigenvalue weighted by molar-refractivity contribution is -0.385. The predicted molar refractivity (Wildman–Crippen MR) is 119 cm³/mol. The molecule has 0 radical (unpaired) electrons. The Kier molecular flexibility index (Phi) is 6.33. The second-order valence-corrected chi connectivity index (χ2v) is 7.76. The van der Waals surface area contributed by atoms with Gasteiger partial charge in [-0.25, -0.2) is 4.98 Å². The van der Waals surface area contributed by atoms with Gasteiger partial charge in [0.15, 0.2) is 17.3 Å². The van der Waals surface area contributed by atoms with Gasteiger partial charge in [0.25, 0.3) is 11.6 Å². The molecule has 0 aliphatic carbocycles. The number of rotatable bonds is 8. The molecule has 0 saturated carbocycles. The van der Waals surface area contributed by atoms with Gasteiger partial charge < -0.3 is 9.47 Å². The average molecular weight is 470 g/mol. The first-order chi connectivity index (χ1) is 15.5. The Morgan fingerprint density at radius 3 is 2.72 bits per heavy atom. The maximum Gasteiger partial charge on any atom is 0.286 e. The smallest absolute Gasteiger partial charge is 0.286 e. The summed E-state index contributed by atoms with van der Waals surface area (Å²) < 4.78 is 15.1. The maximum absolute atomic E-state index is 12.8. The highest BCUT2D eigenvalue weighted by atomic mass is 32.1. The highest BCUT2D eigenvalue weighted by Crippen LogP contribution is 2.36. The fourth-order valence-electron chi connectivity index (χ4n) is 2.76.